The van der Waals surface area contributed by atoms with Crippen molar-refractivity contribution in [2.24, 2.45) is 11.8 Å². The third-order valence-corrected chi connectivity index (χ3v) is 4.13. The van der Waals surface area contributed by atoms with Crippen molar-refractivity contribution in [3.63, 3.8) is 0 Å². The zero-order chi connectivity index (χ0) is 16.4. The van der Waals surface area contributed by atoms with Gasteiger partial charge in [0.05, 0.1) is 17.5 Å². The number of anilines is 1. The van der Waals surface area contributed by atoms with Crippen molar-refractivity contribution in [3.05, 3.63) is 42.4 Å². The minimum Gasteiger partial charge on any atom is -0.481 e. The number of benzene rings is 1. The lowest BCUT2D eigenvalue weighted by Crippen LogP contribution is -2.41. The van der Waals surface area contributed by atoms with Crippen molar-refractivity contribution < 1.29 is 14.7 Å². The molecule has 0 aliphatic heterocycles. The minimum atomic E-state index is -0.901. The highest BCUT2D eigenvalue weighted by Gasteiger charge is 2.41. The highest BCUT2D eigenvalue weighted by molar-refractivity contribution is 5.96. The molecule has 0 bridgehead atoms. The Labute approximate surface area is 133 Å². The standard InChI is InChI=1S/C17H17N3O3/c1-10-18-8-7-15(19-10)11-3-2-4-12(9-11)20-16(21)13-5-6-14(13)17(22)23/h2-4,7-9,13-14H,5-6H2,1H3,(H,20,21)(H,22,23). The predicted molar refractivity (Wildman–Crippen MR) is 84.7 cm³/mol. The van der Waals surface area contributed by atoms with E-state index in [0.29, 0.717) is 24.4 Å². The fourth-order valence-corrected chi connectivity index (χ4v) is 2.72. The molecule has 0 saturated heterocycles. The Bertz CT molecular complexity index is 760. The Kier molecular flexibility index (Phi) is 4.06. The van der Waals surface area contributed by atoms with Crippen molar-refractivity contribution in [1.82, 2.24) is 9.97 Å². The number of nitrogens with one attached hydrogen (secondary N) is 1. The van der Waals surface area contributed by atoms with Crippen LogP contribution in [0, 0.1) is 18.8 Å². The molecular weight excluding hydrogens is 294 g/mol. The van der Waals surface area contributed by atoms with Crippen LogP contribution in [-0.2, 0) is 9.59 Å². The van der Waals surface area contributed by atoms with E-state index < -0.39 is 17.8 Å². The monoisotopic (exact) mass is 311 g/mol. The molecule has 2 N–H and O–H groups in total. The molecule has 3 rings (SSSR count). The normalized spacial score (nSPS) is 19.7. The molecule has 2 atom stereocenters. The number of aryl methyl sites for hydroxylation is 1. The number of carbonyl (C=O) groups excluding carboxylic acids is 1. The van der Waals surface area contributed by atoms with E-state index in [2.05, 4.69) is 15.3 Å². The first-order chi connectivity index (χ1) is 11.0. The van der Waals surface area contributed by atoms with Gasteiger partial charge in [0.25, 0.3) is 0 Å². The van der Waals surface area contributed by atoms with Gasteiger partial charge in [-0.15, -0.1) is 0 Å². The van der Waals surface area contributed by atoms with E-state index in [1.165, 1.54) is 0 Å². The average molecular weight is 311 g/mol. The molecule has 1 fully saturated rings. The van der Waals surface area contributed by atoms with E-state index in [0.717, 1.165) is 11.3 Å². The molecule has 0 spiro atoms. The van der Waals surface area contributed by atoms with Crippen molar-refractivity contribution in [1.29, 1.82) is 0 Å². The number of hydrogen-bond donors (Lipinski definition) is 2. The van der Waals surface area contributed by atoms with E-state index in [4.69, 9.17) is 5.11 Å². The highest BCUT2D eigenvalue weighted by Crippen LogP contribution is 2.35. The van der Waals surface area contributed by atoms with Crippen LogP contribution in [0.25, 0.3) is 11.3 Å². The first-order valence-electron chi connectivity index (χ1n) is 7.48. The van der Waals surface area contributed by atoms with Gasteiger partial charge in [-0.1, -0.05) is 12.1 Å². The number of carboxylic acids is 1. The Morgan fingerprint density at radius 2 is 2.00 bits per heavy atom. The van der Waals surface area contributed by atoms with Crippen LogP contribution in [0.2, 0.25) is 0 Å². The van der Waals surface area contributed by atoms with Crippen LogP contribution in [-0.4, -0.2) is 27.0 Å². The number of carboxylic acid groups (broad SMARTS) is 1. The van der Waals surface area contributed by atoms with Gasteiger partial charge in [-0.2, -0.15) is 0 Å². The van der Waals surface area contributed by atoms with Gasteiger partial charge in [-0.3, -0.25) is 9.59 Å². The lowest BCUT2D eigenvalue weighted by atomic mass is 9.73. The van der Waals surface area contributed by atoms with Gasteiger partial charge >= 0.3 is 5.97 Å². The number of rotatable bonds is 4. The smallest absolute Gasteiger partial charge is 0.307 e. The second-order valence-electron chi connectivity index (χ2n) is 5.69. The van der Waals surface area contributed by atoms with Crippen LogP contribution in [0.4, 0.5) is 5.69 Å². The van der Waals surface area contributed by atoms with E-state index in [1.54, 1.807) is 18.3 Å². The van der Waals surface area contributed by atoms with Crippen molar-refractivity contribution in [2.75, 3.05) is 5.32 Å². The Hall–Kier alpha value is -2.76. The molecule has 6 nitrogen and oxygen atoms in total. The first kappa shape index (κ1) is 15.1. The van der Waals surface area contributed by atoms with Gasteiger partial charge in [-0.25, -0.2) is 9.97 Å². The van der Waals surface area contributed by atoms with Crippen LogP contribution >= 0.6 is 0 Å². The summed E-state index contributed by atoms with van der Waals surface area (Å²) >= 11 is 0. The lowest BCUT2D eigenvalue weighted by Gasteiger charge is -2.31. The summed E-state index contributed by atoms with van der Waals surface area (Å²) in [5.74, 6) is -1.47. The number of hydrogen-bond acceptors (Lipinski definition) is 4. The van der Waals surface area contributed by atoms with Gasteiger partial charge in [0.1, 0.15) is 5.82 Å². The Morgan fingerprint density at radius 3 is 2.65 bits per heavy atom. The Morgan fingerprint density at radius 1 is 1.22 bits per heavy atom. The maximum Gasteiger partial charge on any atom is 0.307 e. The molecular formula is C17H17N3O3. The summed E-state index contributed by atoms with van der Waals surface area (Å²) in [7, 11) is 0. The van der Waals surface area contributed by atoms with Crippen LogP contribution < -0.4 is 5.32 Å². The van der Waals surface area contributed by atoms with Gasteiger partial charge in [-0.05, 0) is 38.0 Å². The van der Waals surface area contributed by atoms with Gasteiger partial charge in [0, 0.05) is 17.4 Å². The molecule has 1 aliphatic carbocycles. The highest BCUT2D eigenvalue weighted by atomic mass is 16.4. The maximum atomic E-state index is 12.2. The van der Waals surface area contributed by atoms with Crippen LogP contribution in [0.3, 0.4) is 0 Å². The summed E-state index contributed by atoms with van der Waals surface area (Å²) < 4.78 is 0. The second kappa shape index (κ2) is 6.16. The topological polar surface area (TPSA) is 92.2 Å². The maximum absolute atomic E-state index is 12.2. The molecule has 1 amide bonds. The van der Waals surface area contributed by atoms with Crippen LogP contribution in [0.15, 0.2) is 36.5 Å². The van der Waals surface area contributed by atoms with Crippen LogP contribution in [0.1, 0.15) is 18.7 Å². The molecule has 1 heterocycles. The summed E-state index contributed by atoms with van der Waals surface area (Å²) in [4.78, 5) is 31.7. The summed E-state index contributed by atoms with van der Waals surface area (Å²) in [6, 6.07) is 9.15. The largest absolute Gasteiger partial charge is 0.481 e. The van der Waals surface area contributed by atoms with E-state index in [1.807, 2.05) is 25.1 Å². The SMILES string of the molecule is Cc1nccc(-c2cccc(NC(=O)C3CCC3C(=O)O)c2)n1. The first-order valence-corrected chi connectivity index (χ1v) is 7.48. The molecule has 2 aromatic rings. The van der Waals surface area contributed by atoms with Crippen molar-refractivity contribution in [2.45, 2.75) is 19.8 Å². The number of amides is 1. The number of aromatic nitrogens is 2. The molecule has 0 radical (unpaired) electrons. The summed E-state index contributed by atoms with van der Waals surface area (Å²) in [6.07, 6.45) is 2.87. The minimum absolute atomic E-state index is 0.236. The zero-order valence-corrected chi connectivity index (χ0v) is 12.7. The number of nitrogens with zero attached hydrogens (tertiary/aromatic N) is 2. The third kappa shape index (κ3) is 3.21. The predicted octanol–water partition coefficient (Wildman–Crippen LogP) is 2.50. The van der Waals surface area contributed by atoms with Crippen LogP contribution in [0.5, 0.6) is 0 Å². The molecule has 1 aromatic carbocycles. The van der Waals surface area contributed by atoms with E-state index >= 15 is 0 Å². The molecule has 23 heavy (non-hydrogen) atoms. The number of aliphatic carboxylic acids is 1. The quantitative estimate of drug-likeness (QED) is 0.905. The van der Waals surface area contributed by atoms with Gasteiger partial charge < -0.3 is 10.4 Å². The fourth-order valence-electron chi connectivity index (χ4n) is 2.72. The zero-order valence-electron chi connectivity index (χ0n) is 12.7. The number of carbonyl (C=O) groups is 2. The summed E-state index contributed by atoms with van der Waals surface area (Å²) in [5, 5.41) is 11.9. The summed E-state index contributed by atoms with van der Waals surface area (Å²) in [5.41, 5.74) is 2.29. The molecule has 1 aromatic heterocycles. The lowest BCUT2D eigenvalue weighted by molar-refractivity contribution is -0.151. The molecule has 2 unspecified atom stereocenters. The molecule has 1 aliphatic rings. The molecule has 1 saturated carbocycles. The Balaban J connectivity index is 1.75. The van der Waals surface area contributed by atoms with Gasteiger partial charge in [0.2, 0.25) is 5.91 Å². The van der Waals surface area contributed by atoms with E-state index in [9.17, 15) is 9.59 Å². The van der Waals surface area contributed by atoms with Gasteiger partial charge in [0.15, 0.2) is 0 Å². The summed E-state index contributed by atoms with van der Waals surface area (Å²) in [6.45, 7) is 1.82. The second-order valence-corrected chi connectivity index (χ2v) is 5.69. The van der Waals surface area contributed by atoms with Crippen molar-refractivity contribution in [3.8, 4) is 11.3 Å². The average Bonchev–Trinajstić information content (AvgIpc) is 2.45. The van der Waals surface area contributed by atoms with Crippen molar-refractivity contribution >= 4 is 17.6 Å². The van der Waals surface area contributed by atoms with E-state index in [-0.39, 0.29) is 5.91 Å². The fraction of sp³-hybridized carbons (Fsp3) is 0.294. The molecule has 118 valence electrons. The molecule has 6 heteroatoms. The third-order valence-electron chi connectivity index (χ3n) is 4.13.